The van der Waals surface area contributed by atoms with Crippen LogP contribution in [0.5, 0.6) is 0 Å². The Hall–Kier alpha value is -2.40. The third-order valence-electron chi connectivity index (χ3n) is 2.70. The molecule has 3 rings (SSSR count). The summed E-state index contributed by atoms with van der Waals surface area (Å²) in [6.07, 6.45) is 5.01. The van der Waals surface area contributed by atoms with Crippen molar-refractivity contribution in [3.05, 3.63) is 47.9 Å². The molecule has 6 heteroatoms. The highest BCUT2D eigenvalue weighted by atomic mass is 35.5. The molecule has 0 fully saturated rings. The zero-order valence-electron chi connectivity index (χ0n) is 9.84. The van der Waals surface area contributed by atoms with Crippen molar-refractivity contribution < 1.29 is 0 Å². The van der Waals surface area contributed by atoms with Gasteiger partial charge in [0, 0.05) is 28.9 Å². The first-order valence-electron chi connectivity index (χ1n) is 5.62. The van der Waals surface area contributed by atoms with Gasteiger partial charge in [0.1, 0.15) is 5.02 Å². The minimum atomic E-state index is 0.175. The van der Waals surface area contributed by atoms with E-state index in [1.54, 1.807) is 12.4 Å². The van der Waals surface area contributed by atoms with E-state index in [2.05, 4.69) is 20.3 Å². The lowest BCUT2D eigenvalue weighted by molar-refractivity contribution is 1.19. The van der Waals surface area contributed by atoms with Crippen molar-refractivity contribution in [2.45, 2.75) is 0 Å². The van der Waals surface area contributed by atoms with Gasteiger partial charge in [0.25, 0.3) is 0 Å². The Balaban J connectivity index is 2.08. The number of nitrogens with two attached hydrogens (primary N) is 1. The first kappa shape index (κ1) is 11.7. The van der Waals surface area contributed by atoms with Crippen molar-refractivity contribution in [1.29, 1.82) is 0 Å². The monoisotopic (exact) mass is 271 g/mol. The number of halogens is 1. The molecule has 0 radical (unpaired) electrons. The quantitative estimate of drug-likeness (QED) is 0.749. The van der Waals surface area contributed by atoms with Crippen LogP contribution in [0, 0.1) is 0 Å². The van der Waals surface area contributed by atoms with Gasteiger partial charge in [-0.15, -0.1) is 0 Å². The van der Waals surface area contributed by atoms with Gasteiger partial charge in [-0.1, -0.05) is 23.7 Å². The van der Waals surface area contributed by atoms with Crippen LogP contribution in [0.15, 0.2) is 42.9 Å². The molecule has 0 saturated heterocycles. The lowest BCUT2D eigenvalue weighted by Gasteiger charge is -2.10. The van der Waals surface area contributed by atoms with Crippen LogP contribution in [0.1, 0.15) is 0 Å². The number of nitrogens with zero attached hydrogens (tertiary/aromatic N) is 3. The fourth-order valence-corrected chi connectivity index (χ4v) is 1.97. The minimum Gasteiger partial charge on any atom is -0.368 e. The van der Waals surface area contributed by atoms with Crippen LogP contribution in [0.3, 0.4) is 0 Å². The van der Waals surface area contributed by atoms with E-state index in [1.807, 2.05) is 24.3 Å². The third-order valence-corrected chi connectivity index (χ3v) is 2.97. The predicted molar refractivity (Wildman–Crippen MR) is 76.5 cm³/mol. The van der Waals surface area contributed by atoms with Gasteiger partial charge in [0.2, 0.25) is 5.95 Å². The van der Waals surface area contributed by atoms with E-state index >= 15 is 0 Å². The summed E-state index contributed by atoms with van der Waals surface area (Å²) in [6, 6.07) is 7.79. The molecule has 3 N–H and O–H groups in total. The molecular formula is C13H10ClN5. The average molecular weight is 272 g/mol. The van der Waals surface area contributed by atoms with Gasteiger partial charge < -0.3 is 11.1 Å². The highest BCUT2D eigenvalue weighted by Crippen LogP contribution is 2.28. The molecule has 19 heavy (non-hydrogen) atoms. The van der Waals surface area contributed by atoms with Crippen molar-refractivity contribution in [3.63, 3.8) is 0 Å². The zero-order chi connectivity index (χ0) is 13.2. The highest BCUT2D eigenvalue weighted by molar-refractivity contribution is 6.33. The number of hydrogen-bond donors (Lipinski definition) is 2. The van der Waals surface area contributed by atoms with Crippen molar-refractivity contribution >= 4 is 39.8 Å². The highest BCUT2D eigenvalue weighted by Gasteiger charge is 2.06. The molecular weight excluding hydrogens is 262 g/mol. The van der Waals surface area contributed by atoms with Crippen molar-refractivity contribution in [2.75, 3.05) is 11.1 Å². The SMILES string of the molecule is Nc1ncc(Cl)c(Nc2cccc3cnccc23)n1. The van der Waals surface area contributed by atoms with Crippen molar-refractivity contribution in [2.24, 2.45) is 0 Å². The molecule has 0 aliphatic rings. The van der Waals surface area contributed by atoms with Crippen LogP contribution < -0.4 is 11.1 Å². The minimum absolute atomic E-state index is 0.175. The summed E-state index contributed by atoms with van der Waals surface area (Å²) in [6.45, 7) is 0. The average Bonchev–Trinajstić information content (AvgIpc) is 2.43. The van der Waals surface area contributed by atoms with E-state index in [-0.39, 0.29) is 5.95 Å². The second kappa shape index (κ2) is 4.70. The molecule has 0 unspecified atom stereocenters. The normalized spacial score (nSPS) is 10.6. The second-order valence-corrected chi connectivity index (χ2v) is 4.36. The number of pyridine rings is 1. The van der Waals surface area contributed by atoms with Gasteiger partial charge in [-0.3, -0.25) is 4.98 Å². The lowest BCUT2D eigenvalue weighted by atomic mass is 10.1. The third kappa shape index (κ3) is 2.28. The van der Waals surface area contributed by atoms with E-state index < -0.39 is 0 Å². The summed E-state index contributed by atoms with van der Waals surface area (Å²) in [7, 11) is 0. The van der Waals surface area contributed by atoms with Crippen LogP contribution in [0.2, 0.25) is 5.02 Å². The van der Waals surface area contributed by atoms with E-state index in [4.69, 9.17) is 17.3 Å². The Morgan fingerprint density at radius 3 is 2.95 bits per heavy atom. The molecule has 94 valence electrons. The molecule has 0 aliphatic heterocycles. The topological polar surface area (TPSA) is 76.7 Å². The van der Waals surface area contributed by atoms with Crippen LogP contribution in [0.4, 0.5) is 17.5 Å². The van der Waals surface area contributed by atoms with E-state index in [9.17, 15) is 0 Å². The van der Waals surface area contributed by atoms with Gasteiger partial charge >= 0.3 is 0 Å². The Morgan fingerprint density at radius 2 is 2.05 bits per heavy atom. The zero-order valence-corrected chi connectivity index (χ0v) is 10.6. The number of rotatable bonds is 2. The molecule has 1 aromatic carbocycles. The maximum atomic E-state index is 6.04. The first-order chi connectivity index (χ1) is 9.24. The van der Waals surface area contributed by atoms with Gasteiger partial charge in [0.05, 0.1) is 6.20 Å². The van der Waals surface area contributed by atoms with Gasteiger partial charge in [-0.2, -0.15) is 4.98 Å². The maximum absolute atomic E-state index is 6.04. The molecule has 3 aromatic rings. The van der Waals surface area contributed by atoms with Crippen LogP contribution in [-0.2, 0) is 0 Å². The van der Waals surface area contributed by atoms with Crippen LogP contribution in [0.25, 0.3) is 10.8 Å². The number of anilines is 3. The van der Waals surface area contributed by atoms with E-state index in [0.717, 1.165) is 16.5 Å². The van der Waals surface area contributed by atoms with Gasteiger partial charge in [0.15, 0.2) is 5.82 Å². The van der Waals surface area contributed by atoms with Crippen LogP contribution >= 0.6 is 11.6 Å². The number of nitrogen functional groups attached to an aromatic ring is 1. The summed E-state index contributed by atoms with van der Waals surface area (Å²) in [5.41, 5.74) is 6.45. The number of hydrogen-bond acceptors (Lipinski definition) is 5. The Morgan fingerprint density at radius 1 is 1.16 bits per heavy atom. The first-order valence-corrected chi connectivity index (χ1v) is 5.99. The standard InChI is InChI=1S/C13H10ClN5/c14-10-7-17-13(15)19-12(10)18-11-3-1-2-8-6-16-5-4-9(8)11/h1-7H,(H3,15,17,18,19). The number of aromatic nitrogens is 3. The molecule has 2 heterocycles. The van der Waals surface area contributed by atoms with Gasteiger partial charge in [-0.25, -0.2) is 4.98 Å². The number of fused-ring (bicyclic) bond motifs is 1. The fourth-order valence-electron chi connectivity index (χ4n) is 1.83. The van der Waals surface area contributed by atoms with Crippen molar-refractivity contribution in [1.82, 2.24) is 15.0 Å². The molecule has 2 aromatic heterocycles. The smallest absolute Gasteiger partial charge is 0.222 e. The molecule has 0 atom stereocenters. The molecule has 5 nitrogen and oxygen atoms in total. The summed E-state index contributed by atoms with van der Waals surface area (Å²) < 4.78 is 0. The second-order valence-electron chi connectivity index (χ2n) is 3.95. The van der Waals surface area contributed by atoms with E-state index in [0.29, 0.717) is 10.8 Å². The Kier molecular flexibility index (Phi) is 2.89. The predicted octanol–water partition coefficient (Wildman–Crippen LogP) is 3.00. The van der Waals surface area contributed by atoms with Crippen LogP contribution in [-0.4, -0.2) is 15.0 Å². The summed E-state index contributed by atoms with van der Waals surface area (Å²) in [5.74, 6) is 0.660. The molecule has 0 saturated carbocycles. The molecule has 0 amide bonds. The van der Waals surface area contributed by atoms with E-state index in [1.165, 1.54) is 6.20 Å². The van der Waals surface area contributed by atoms with Crippen molar-refractivity contribution in [3.8, 4) is 0 Å². The summed E-state index contributed by atoms with van der Waals surface area (Å²) in [4.78, 5) is 12.0. The Labute approximate surface area is 114 Å². The molecule has 0 spiro atoms. The fraction of sp³-hybridized carbons (Fsp3) is 0. The number of benzene rings is 1. The Bertz CT molecular complexity index is 739. The summed E-state index contributed by atoms with van der Waals surface area (Å²) in [5, 5.41) is 5.65. The number of nitrogens with one attached hydrogen (secondary N) is 1. The maximum Gasteiger partial charge on any atom is 0.222 e. The largest absolute Gasteiger partial charge is 0.368 e. The summed E-state index contributed by atoms with van der Waals surface area (Å²) >= 11 is 6.04. The molecule has 0 bridgehead atoms. The molecule has 0 aliphatic carbocycles. The van der Waals surface area contributed by atoms with Gasteiger partial charge in [-0.05, 0) is 12.1 Å². The lowest BCUT2D eigenvalue weighted by Crippen LogP contribution is -2.00.